The molecule has 0 radical (unpaired) electrons. The van der Waals surface area contributed by atoms with E-state index < -0.39 is 0 Å². The fourth-order valence-electron chi connectivity index (χ4n) is 2.71. The molecule has 0 saturated heterocycles. The van der Waals surface area contributed by atoms with Crippen LogP contribution in [0.4, 0.5) is 0 Å². The lowest BCUT2D eigenvalue weighted by molar-refractivity contribution is -0.146. The van der Waals surface area contributed by atoms with Crippen LogP contribution in [0.25, 0.3) is 0 Å². The molecular weight excluding hydrogens is 254 g/mol. The first-order valence-corrected chi connectivity index (χ1v) is 7.53. The minimum atomic E-state index is -0.189. The van der Waals surface area contributed by atoms with Crippen molar-refractivity contribution in [3.8, 4) is 0 Å². The highest BCUT2D eigenvalue weighted by Gasteiger charge is 2.35. The zero-order chi connectivity index (χ0) is 15.0. The second-order valence-electron chi connectivity index (χ2n) is 6.08. The number of esters is 1. The average molecular weight is 281 g/mol. The van der Waals surface area contributed by atoms with E-state index in [1.54, 1.807) is 6.08 Å². The first kappa shape index (κ1) is 16.7. The standard InChI is InChI=1S/C16H27NO3/c1-4-10-20-14(18)11-16(8-6-5-7-9-16)12-17-15(19)13(2)3/h4,13H,1,5-12H2,2-3H3,(H,17,19). The van der Waals surface area contributed by atoms with E-state index in [1.165, 1.54) is 6.42 Å². The number of carbonyl (C=O) groups is 2. The Hall–Kier alpha value is -1.32. The summed E-state index contributed by atoms with van der Waals surface area (Å²) in [5.74, 6) is -0.164. The van der Waals surface area contributed by atoms with Crippen LogP contribution in [0.3, 0.4) is 0 Å². The van der Waals surface area contributed by atoms with Gasteiger partial charge in [0.2, 0.25) is 5.91 Å². The number of carbonyl (C=O) groups excluding carboxylic acids is 2. The van der Waals surface area contributed by atoms with Gasteiger partial charge in [0.25, 0.3) is 0 Å². The number of hydrogen-bond acceptors (Lipinski definition) is 3. The van der Waals surface area contributed by atoms with E-state index in [-0.39, 0.29) is 29.8 Å². The van der Waals surface area contributed by atoms with Gasteiger partial charge in [-0.3, -0.25) is 9.59 Å². The third kappa shape index (κ3) is 5.35. The van der Waals surface area contributed by atoms with Gasteiger partial charge in [-0.25, -0.2) is 0 Å². The molecule has 0 aromatic carbocycles. The minimum absolute atomic E-state index is 0.0247. The lowest BCUT2D eigenvalue weighted by Gasteiger charge is -2.36. The van der Waals surface area contributed by atoms with Crippen LogP contribution in [0.15, 0.2) is 12.7 Å². The Balaban J connectivity index is 2.58. The molecule has 0 unspecified atom stereocenters. The van der Waals surface area contributed by atoms with Crippen molar-refractivity contribution in [2.75, 3.05) is 13.2 Å². The molecule has 1 rings (SSSR count). The van der Waals surface area contributed by atoms with Crippen molar-refractivity contribution >= 4 is 11.9 Å². The maximum absolute atomic E-state index is 11.9. The van der Waals surface area contributed by atoms with Gasteiger partial charge in [-0.1, -0.05) is 45.8 Å². The zero-order valence-corrected chi connectivity index (χ0v) is 12.7. The van der Waals surface area contributed by atoms with E-state index in [9.17, 15) is 9.59 Å². The summed E-state index contributed by atoms with van der Waals surface area (Å²) in [5, 5.41) is 2.99. The van der Waals surface area contributed by atoms with Crippen molar-refractivity contribution in [1.82, 2.24) is 5.32 Å². The number of amides is 1. The van der Waals surface area contributed by atoms with Crippen LogP contribution in [-0.4, -0.2) is 25.0 Å². The van der Waals surface area contributed by atoms with Gasteiger partial charge in [-0.05, 0) is 18.3 Å². The first-order chi connectivity index (χ1) is 9.49. The molecule has 4 heteroatoms. The van der Waals surface area contributed by atoms with E-state index in [2.05, 4.69) is 11.9 Å². The molecule has 114 valence electrons. The van der Waals surface area contributed by atoms with Gasteiger partial charge in [0.1, 0.15) is 6.61 Å². The molecule has 1 saturated carbocycles. The summed E-state index contributed by atoms with van der Waals surface area (Å²) in [6, 6.07) is 0. The third-order valence-electron chi connectivity index (χ3n) is 3.96. The molecule has 0 heterocycles. The first-order valence-electron chi connectivity index (χ1n) is 7.53. The molecule has 0 aliphatic heterocycles. The SMILES string of the molecule is C=CCOC(=O)CC1(CNC(=O)C(C)C)CCCCC1. The Labute approximate surface area is 122 Å². The fourth-order valence-corrected chi connectivity index (χ4v) is 2.71. The van der Waals surface area contributed by atoms with Gasteiger partial charge in [-0.2, -0.15) is 0 Å². The normalized spacial score (nSPS) is 17.6. The molecular formula is C16H27NO3. The van der Waals surface area contributed by atoms with Crippen LogP contribution in [0.5, 0.6) is 0 Å². The Bertz CT molecular complexity index is 344. The van der Waals surface area contributed by atoms with Gasteiger partial charge in [-0.15, -0.1) is 0 Å². The Morgan fingerprint density at radius 3 is 2.50 bits per heavy atom. The molecule has 1 fully saturated rings. The number of nitrogens with one attached hydrogen (secondary N) is 1. The van der Waals surface area contributed by atoms with E-state index in [4.69, 9.17) is 4.74 Å². The summed E-state index contributed by atoms with van der Waals surface area (Å²) in [4.78, 5) is 23.6. The molecule has 20 heavy (non-hydrogen) atoms. The maximum Gasteiger partial charge on any atom is 0.306 e. The van der Waals surface area contributed by atoms with E-state index in [0.29, 0.717) is 13.0 Å². The highest BCUT2D eigenvalue weighted by atomic mass is 16.5. The van der Waals surface area contributed by atoms with Crippen LogP contribution in [0.2, 0.25) is 0 Å². The maximum atomic E-state index is 11.9. The monoisotopic (exact) mass is 281 g/mol. The average Bonchev–Trinajstić information content (AvgIpc) is 2.43. The second-order valence-corrected chi connectivity index (χ2v) is 6.08. The lowest BCUT2D eigenvalue weighted by Crippen LogP contribution is -2.42. The van der Waals surface area contributed by atoms with Gasteiger partial charge < -0.3 is 10.1 Å². The molecule has 4 nitrogen and oxygen atoms in total. The van der Waals surface area contributed by atoms with Crippen LogP contribution in [-0.2, 0) is 14.3 Å². The zero-order valence-electron chi connectivity index (χ0n) is 12.7. The molecule has 0 aromatic rings. The predicted molar refractivity (Wildman–Crippen MR) is 79.1 cm³/mol. The van der Waals surface area contributed by atoms with Crippen LogP contribution < -0.4 is 5.32 Å². The fraction of sp³-hybridized carbons (Fsp3) is 0.750. The molecule has 1 amide bonds. The lowest BCUT2D eigenvalue weighted by atomic mass is 9.71. The summed E-state index contributed by atoms with van der Waals surface area (Å²) in [7, 11) is 0. The topological polar surface area (TPSA) is 55.4 Å². The summed E-state index contributed by atoms with van der Waals surface area (Å²) in [6.07, 6.45) is 7.37. The summed E-state index contributed by atoms with van der Waals surface area (Å²) >= 11 is 0. The summed E-state index contributed by atoms with van der Waals surface area (Å²) < 4.78 is 5.10. The van der Waals surface area contributed by atoms with Crippen molar-refractivity contribution in [3.05, 3.63) is 12.7 Å². The van der Waals surface area contributed by atoms with Crippen molar-refractivity contribution in [2.24, 2.45) is 11.3 Å². The van der Waals surface area contributed by atoms with Gasteiger partial charge in [0.05, 0.1) is 6.42 Å². The minimum Gasteiger partial charge on any atom is -0.461 e. The highest BCUT2D eigenvalue weighted by Crippen LogP contribution is 2.39. The molecule has 1 aliphatic carbocycles. The molecule has 0 bridgehead atoms. The quantitative estimate of drug-likeness (QED) is 0.576. The van der Waals surface area contributed by atoms with Gasteiger partial charge >= 0.3 is 5.97 Å². The van der Waals surface area contributed by atoms with Gasteiger partial charge in [0.15, 0.2) is 0 Å². The summed E-state index contributed by atoms with van der Waals surface area (Å²) in [6.45, 7) is 8.13. The number of hydrogen-bond donors (Lipinski definition) is 1. The highest BCUT2D eigenvalue weighted by molar-refractivity contribution is 5.78. The smallest absolute Gasteiger partial charge is 0.306 e. The Morgan fingerprint density at radius 2 is 1.95 bits per heavy atom. The van der Waals surface area contributed by atoms with Crippen molar-refractivity contribution in [2.45, 2.75) is 52.4 Å². The van der Waals surface area contributed by atoms with Crippen LogP contribution >= 0.6 is 0 Å². The predicted octanol–water partition coefficient (Wildman–Crippen LogP) is 2.83. The van der Waals surface area contributed by atoms with Crippen LogP contribution in [0.1, 0.15) is 52.4 Å². The van der Waals surface area contributed by atoms with Crippen molar-refractivity contribution in [3.63, 3.8) is 0 Å². The third-order valence-corrected chi connectivity index (χ3v) is 3.96. The van der Waals surface area contributed by atoms with E-state index in [0.717, 1.165) is 25.7 Å². The molecule has 1 N–H and O–H groups in total. The molecule has 1 aliphatic rings. The molecule has 0 atom stereocenters. The summed E-state index contributed by atoms with van der Waals surface area (Å²) in [5.41, 5.74) is -0.124. The molecule has 0 aromatic heterocycles. The Kier molecular flexibility index (Phi) is 6.76. The largest absolute Gasteiger partial charge is 0.461 e. The second kappa shape index (κ2) is 8.08. The van der Waals surface area contributed by atoms with Gasteiger partial charge in [0, 0.05) is 12.5 Å². The number of ether oxygens (including phenoxy) is 1. The van der Waals surface area contributed by atoms with Crippen molar-refractivity contribution in [1.29, 1.82) is 0 Å². The Morgan fingerprint density at radius 1 is 1.30 bits per heavy atom. The van der Waals surface area contributed by atoms with Crippen molar-refractivity contribution < 1.29 is 14.3 Å². The molecule has 0 spiro atoms. The van der Waals surface area contributed by atoms with E-state index >= 15 is 0 Å². The van der Waals surface area contributed by atoms with E-state index in [1.807, 2.05) is 13.8 Å². The number of rotatable bonds is 7. The van der Waals surface area contributed by atoms with Crippen LogP contribution in [0, 0.1) is 11.3 Å².